The molecule has 0 bridgehead atoms. The fourth-order valence-electron chi connectivity index (χ4n) is 1.56. The van der Waals surface area contributed by atoms with Gasteiger partial charge in [0.15, 0.2) is 0 Å². The molecular formula is C16H11FO2. The molecule has 0 fully saturated rings. The van der Waals surface area contributed by atoms with E-state index in [1.54, 1.807) is 24.3 Å². The molecule has 2 rings (SSSR count). The number of ketones is 1. The quantitative estimate of drug-likeness (QED) is 0.608. The lowest BCUT2D eigenvalue weighted by Crippen LogP contribution is -1.95. The minimum Gasteiger partial charge on any atom is -0.495 e. The molecule has 0 amide bonds. The molecule has 0 aliphatic heterocycles. The fourth-order valence-corrected chi connectivity index (χ4v) is 1.56. The average Bonchev–Trinajstić information content (AvgIpc) is 2.46. The molecular weight excluding hydrogens is 243 g/mol. The van der Waals surface area contributed by atoms with E-state index in [-0.39, 0.29) is 5.78 Å². The standard InChI is InChI=1S/C16H11FO2/c1-19-16-10-8-14(17)11-13(16)7-9-15(18)12-5-3-2-4-6-12/h2-6,8,10-11H,1H3. The van der Waals surface area contributed by atoms with Crippen molar-refractivity contribution in [2.24, 2.45) is 0 Å². The summed E-state index contributed by atoms with van der Waals surface area (Å²) in [6.45, 7) is 0. The lowest BCUT2D eigenvalue weighted by atomic mass is 10.1. The van der Waals surface area contributed by atoms with Gasteiger partial charge in [-0.15, -0.1) is 0 Å². The molecule has 2 aromatic carbocycles. The zero-order valence-corrected chi connectivity index (χ0v) is 10.3. The molecule has 19 heavy (non-hydrogen) atoms. The Kier molecular flexibility index (Phi) is 3.94. The van der Waals surface area contributed by atoms with Crippen LogP contribution in [0.25, 0.3) is 0 Å². The fraction of sp³-hybridized carbons (Fsp3) is 0.0625. The van der Waals surface area contributed by atoms with Crippen molar-refractivity contribution >= 4 is 5.78 Å². The van der Waals surface area contributed by atoms with Crippen molar-refractivity contribution in [3.8, 4) is 17.6 Å². The van der Waals surface area contributed by atoms with E-state index >= 15 is 0 Å². The van der Waals surface area contributed by atoms with Gasteiger partial charge in [0.25, 0.3) is 0 Å². The Morgan fingerprint density at radius 3 is 2.58 bits per heavy atom. The largest absolute Gasteiger partial charge is 0.495 e. The average molecular weight is 254 g/mol. The molecule has 0 N–H and O–H groups in total. The summed E-state index contributed by atoms with van der Waals surface area (Å²) < 4.78 is 18.2. The molecule has 0 saturated heterocycles. The molecule has 2 nitrogen and oxygen atoms in total. The van der Waals surface area contributed by atoms with Crippen LogP contribution in [-0.2, 0) is 0 Å². The summed E-state index contributed by atoms with van der Waals surface area (Å²) in [6, 6.07) is 12.7. The second-order valence-corrected chi connectivity index (χ2v) is 3.79. The van der Waals surface area contributed by atoms with E-state index in [4.69, 9.17) is 4.74 Å². The molecule has 0 radical (unpaired) electrons. The van der Waals surface area contributed by atoms with Crippen LogP contribution >= 0.6 is 0 Å². The van der Waals surface area contributed by atoms with E-state index in [1.807, 2.05) is 6.07 Å². The maximum atomic E-state index is 13.1. The number of hydrogen-bond donors (Lipinski definition) is 0. The van der Waals surface area contributed by atoms with Crippen LogP contribution in [0.3, 0.4) is 0 Å². The number of ether oxygens (including phenoxy) is 1. The highest BCUT2D eigenvalue weighted by molar-refractivity contribution is 6.09. The van der Waals surface area contributed by atoms with Gasteiger partial charge in [0, 0.05) is 5.56 Å². The topological polar surface area (TPSA) is 26.3 Å². The molecule has 3 heteroatoms. The van der Waals surface area contributed by atoms with Crippen molar-refractivity contribution in [3.63, 3.8) is 0 Å². The van der Waals surface area contributed by atoms with Gasteiger partial charge in [0.1, 0.15) is 11.6 Å². The summed E-state index contributed by atoms with van der Waals surface area (Å²) >= 11 is 0. The van der Waals surface area contributed by atoms with Crippen LogP contribution < -0.4 is 4.74 Å². The Labute approximate surface area is 110 Å². The highest BCUT2D eigenvalue weighted by Gasteiger charge is 2.03. The van der Waals surface area contributed by atoms with Gasteiger partial charge in [0.05, 0.1) is 12.7 Å². The number of benzene rings is 2. The van der Waals surface area contributed by atoms with E-state index in [0.717, 1.165) is 0 Å². The minimum absolute atomic E-state index is 0.313. The van der Waals surface area contributed by atoms with Crippen LogP contribution in [0.4, 0.5) is 4.39 Å². The SMILES string of the molecule is COc1ccc(F)cc1C#CC(=O)c1ccccc1. The minimum atomic E-state index is -0.419. The van der Waals surface area contributed by atoms with Gasteiger partial charge in [-0.2, -0.15) is 0 Å². The maximum Gasteiger partial charge on any atom is 0.236 e. The van der Waals surface area contributed by atoms with Crippen molar-refractivity contribution in [3.05, 3.63) is 65.5 Å². The van der Waals surface area contributed by atoms with Crippen LogP contribution in [0.2, 0.25) is 0 Å². The second-order valence-electron chi connectivity index (χ2n) is 3.79. The first kappa shape index (κ1) is 12.8. The van der Waals surface area contributed by atoms with Gasteiger partial charge in [-0.25, -0.2) is 4.39 Å². The number of carbonyl (C=O) groups excluding carboxylic acids is 1. The van der Waals surface area contributed by atoms with Gasteiger partial charge < -0.3 is 4.74 Å². The number of carbonyl (C=O) groups is 1. The summed E-state index contributed by atoms with van der Waals surface area (Å²) in [5.74, 6) is 4.83. The maximum absolute atomic E-state index is 13.1. The Bertz CT molecular complexity index is 651. The second kappa shape index (κ2) is 5.83. The first-order chi connectivity index (χ1) is 9.20. The van der Waals surface area contributed by atoms with Crippen LogP contribution in [0.15, 0.2) is 48.5 Å². The predicted molar refractivity (Wildman–Crippen MR) is 70.6 cm³/mol. The first-order valence-corrected chi connectivity index (χ1v) is 5.65. The summed E-state index contributed by atoms with van der Waals surface area (Å²) in [5, 5.41) is 0. The van der Waals surface area contributed by atoms with Gasteiger partial charge in [-0.3, -0.25) is 4.79 Å². The highest BCUT2D eigenvalue weighted by Crippen LogP contribution is 2.17. The molecule has 0 aromatic heterocycles. The van der Waals surface area contributed by atoms with Crippen molar-refractivity contribution in [1.82, 2.24) is 0 Å². The number of halogens is 1. The zero-order chi connectivity index (χ0) is 13.7. The number of hydrogen-bond acceptors (Lipinski definition) is 2. The molecule has 0 aliphatic carbocycles. The third kappa shape index (κ3) is 3.20. The van der Waals surface area contributed by atoms with Gasteiger partial charge >= 0.3 is 0 Å². The van der Waals surface area contributed by atoms with E-state index in [2.05, 4.69) is 11.8 Å². The lowest BCUT2D eigenvalue weighted by Gasteiger charge is -2.01. The molecule has 0 spiro atoms. The summed E-state index contributed by atoms with van der Waals surface area (Å²) in [4.78, 5) is 11.8. The third-order valence-electron chi connectivity index (χ3n) is 2.51. The summed E-state index contributed by atoms with van der Waals surface area (Å²) in [5.41, 5.74) is 0.858. The summed E-state index contributed by atoms with van der Waals surface area (Å²) in [6.07, 6.45) is 0. The van der Waals surface area contributed by atoms with E-state index in [0.29, 0.717) is 16.9 Å². The van der Waals surface area contributed by atoms with Crippen LogP contribution in [0, 0.1) is 17.7 Å². The highest BCUT2D eigenvalue weighted by atomic mass is 19.1. The van der Waals surface area contributed by atoms with Gasteiger partial charge in [-0.05, 0) is 24.1 Å². The molecule has 2 aromatic rings. The van der Waals surface area contributed by atoms with E-state index in [1.165, 1.54) is 25.3 Å². The predicted octanol–water partition coefficient (Wildman–Crippen LogP) is 3.07. The molecule has 0 unspecified atom stereocenters. The normalized spacial score (nSPS) is 9.37. The van der Waals surface area contributed by atoms with Crippen LogP contribution in [-0.4, -0.2) is 12.9 Å². The van der Waals surface area contributed by atoms with Crippen molar-refractivity contribution in [2.45, 2.75) is 0 Å². The number of rotatable bonds is 2. The molecule has 0 aliphatic rings. The van der Waals surface area contributed by atoms with Gasteiger partial charge in [0.2, 0.25) is 5.78 Å². The van der Waals surface area contributed by atoms with Crippen molar-refractivity contribution < 1.29 is 13.9 Å². The molecule has 0 atom stereocenters. The van der Waals surface area contributed by atoms with Gasteiger partial charge in [-0.1, -0.05) is 36.3 Å². The summed E-state index contributed by atoms with van der Waals surface area (Å²) in [7, 11) is 1.47. The first-order valence-electron chi connectivity index (χ1n) is 5.65. The Morgan fingerprint density at radius 2 is 1.89 bits per heavy atom. The monoisotopic (exact) mass is 254 g/mol. The number of Topliss-reactive ketones (excluding diaryl/α,β-unsaturated/α-hetero) is 1. The van der Waals surface area contributed by atoms with Crippen molar-refractivity contribution in [2.75, 3.05) is 7.11 Å². The smallest absolute Gasteiger partial charge is 0.236 e. The molecule has 94 valence electrons. The Hall–Kier alpha value is -2.60. The third-order valence-corrected chi connectivity index (χ3v) is 2.51. The van der Waals surface area contributed by atoms with Crippen LogP contribution in [0.5, 0.6) is 5.75 Å². The zero-order valence-electron chi connectivity index (χ0n) is 10.3. The van der Waals surface area contributed by atoms with E-state index in [9.17, 15) is 9.18 Å². The molecule has 0 saturated carbocycles. The Morgan fingerprint density at radius 1 is 1.16 bits per heavy atom. The number of methoxy groups -OCH3 is 1. The van der Waals surface area contributed by atoms with Crippen LogP contribution in [0.1, 0.15) is 15.9 Å². The lowest BCUT2D eigenvalue weighted by molar-refractivity contribution is 0.105. The molecule has 0 heterocycles. The van der Waals surface area contributed by atoms with E-state index < -0.39 is 5.82 Å². The Balaban J connectivity index is 2.30. The van der Waals surface area contributed by atoms with Crippen molar-refractivity contribution in [1.29, 1.82) is 0 Å².